The van der Waals surface area contributed by atoms with Crippen molar-refractivity contribution in [1.29, 1.82) is 0 Å². The monoisotopic (exact) mass is 280 g/mol. The van der Waals surface area contributed by atoms with Crippen LogP contribution in [0.15, 0.2) is 12.1 Å². The molecule has 3 rings (SSSR count). The first-order chi connectivity index (χ1) is 9.24. The topological polar surface area (TPSA) is 50.4 Å². The zero-order valence-corrected chi connectivity index (χ0v) is 11.4. The Morgan fingerprint density at radius 1 is 1.53 bits per heavy atom. The van der Waals surface area contributed by atoms with Gasteiger partial charge in [0.15, 0.2) is 0 Å². The lowest BCUT2D eigenvalue weighted by atomic mass is 10.1. The van der Waals surface area contributed by atoms with Crippen LogP contribution in [-0.4, -0.2) is 31.6 Å². The molecular weight excluding hydrogens is 264 g/mol. The van der Waals surface area contributed by atoms with Gasteiger partial charge in [0.1, 0.15) is 5.75 Å². The Bertz CT molecular complexity index is 498. The first kappa shape index (κ1) is 12.8. The van der Waals surface area contributed by atoms with Crippen LogP contribution in [0.2, 0.25) is 5.02 Å². The fraction of sp³-hybridized carbons (Fsp3) is 0.500. The van der Waals surface area contributed by atoms with Crippen molar-refractivity contribution in [3.63, 3.8) is 0 Å². The van der Waals surface area contributed by atoms with Crippen molar-refractivity contribution in [2.24, 2.45) is 0 Å². The second-order valence-corrected chi connectivity index (χ2v) is 5.48. The number of amides is 1. The highest BCUT2D eigenvalue weighted by Gasteiger charge is 2.23. The van der Waals surface area contributed by atoms with Crippen molar-refractivity contribution < 1.29 is 9.53 Å². The summed E-state index contributed by atoms with van der Waals surface area (Å²) in [6.45, 7) is 2.32. The van der Waals surface area contributed by atoms with E-state index in [1.165, 1.54) is 6.42 Å². The summed E-state index contributed by atoms with van der Waals surface area (Å²) in [7, 11) is 0. The Morgan fingerprint density at radius 2 is 2.42 bits per heavy atom. The van der Waals surface area contributed by atoms with Crippen LogP contribution in [-0.2, 0) is 6.42 Å². The largest absolute Gasteiger partial charge is 0.492 e. The molecule has 102 valence electrons. The molecular formula is C14H17ClN2O2. The predicted molar refractivity (Wildman–Crippen MR) is 74.0 cm³/mol. The number of ether oxygens (including phenoxy) is 1. The molecule has 0 bridgehead atoms. The van der Waals surface area contributed by atoms with Gasteiger partial charge in [-0.2, -0.15) is 0 Å². The second-order valence-electron chi connectivity index (χ2n) is 5.04. The minimum absolute atomic E-state index is 0.102. The number of carbonyl (C=O) groups is 1. The third-order valence-corrected chi connectivity index (χ3v) is 3.88. The van der Waals surface area contributed by atoms with Gasteiger partial charge in [0, 0.05) is 24.0 Å². The molecule has 0 radical (unpaired) electrons. The molecule has 5 heteroatoms. The molecule has 4 nitrogen and oxygen atoms in total. The molecule has 1 amide bonds. The van der Waals surface area contributed by atoms with Crippen molar-refractivity contribution in [1.82, 2.24) is 10.6 Å². The zero-order chi connectivity index (χ0) is 13.2. The number of nitrogens with one attached hydrogen (secondary N) is 2. The summed E-state index contributed by atoms with van der Waals surface area (Å²) < 4.78 is 5.54. The van der Waals surface area contributed by atoms with E-state index in [1.807, 2.05) is 6.07 Å². The number of hydrogen-bond donors (Lipinski definition) is 2. The molecule has 0 spiro atoms. The van der Waals surface area contributed by atoms with Gasteiger partial charge in [-0.25, -0.2) is 0 Å². The zero-order valence-electron chi connectivity index (χ0n) is 10.7. The molecule has 2 aliphatic rings. The summed E-state index contributed by atoms with van der Waals surface area (Å²) in [5.41, 5.74) is 1.58. The highest BCUT2D eigenvalue weighted by molar-refractivity contribution is 6.31. The Morgan fingerprint density at radius 3 is 3.21 bits per heavy atom. The lowest BCUT2D eigenvalue weighted by molar-refractivity contribution is 0.0947. The molecule has 2 aliphatic heterocycles. The fourth-order valence-electron chi connectivity index (χ4n) is 2.68. The lowest BCUT2D eigenvalue weighted by Crippen LogP contribution is -2.37. The Labute approximate surface area is 117 Å². The molecule has 1 atom stereocenters. The molecule has 19 heavy (non-hydrogen) atoms. The summed E-state index contributed by atoms with van der Waals surface area (Å²) in [5.74, 6) is 0.593. The first-order valence-corrected chi connectivity index (χ1v) is 7.08. The highest BCUT2D eigenvalue weighted by Crippen LogP contribution is 2.32. The number of halogens is 1. The third-order valence-electron chi connectivity index (χ3n) is 3.66. The van der Waals surface area contributed by atoms with E-state index in [4.69, 9.17) is 16.3 Å². The van der Waals surface area contributed by atoms with Crippen molar-refractivity contribution in [3.8, 4) is 5.75 Å². The summed E-state index contributed by atoms with van der Waals surface area (Å²) in [5, 5.41) is 6.90. The summed E-state index contributed by atoms with van der Waals surface area (Å²) in [4.78, 5) is 12.2. The normalized spacial score (nSPS) is 21.0. The van der Waals surface area contributed by atoms with Gasteiger partial charge in [0.25, 0.3) is 5.91 Å². The van der Waals surface area contributed by atoms with E-state index >= 15 is 0 Å². The van der Waals surface area contributed by atoms with Gasteiger partial charge in [-0.15, -0.1) is 0 Å². The van der Waals surface area contributed by atoms with Crippen LogP contribution in [0, 0.1) is 0 Å². The van der Waals surface area contributed by atoms with E-state index in [9.17, 15) is 4.79 Å². The number of benzene rings is 1. The number of fused-ring (bicyclic) bond motifs is 1. The van der Waals surface area contributed by atoms with Gasteiger partial charge in [0.05, 0.1) is 12.2 Å². The van der Waals surface area contributed by atoms with Crippen LogP contribution in [0.1, 0.15) is 28.8 Å². The van der Waals surface area contributed by atoms with Gasteiger partial charge in [-0.1, -0.05) is 11.6 Å². The van der Waals surface area contributed by atoms with Gasteiger partial charge in [-0.3, -0.25) is 4.79 Å². The Kier molecular flexibility index (Phi) is 3.62. The maximum Gasteiger partial charge on any atom is 0.255 e. The van der Waals surface area contributed by atoms with Crippen molar-refractivity contribution >= 4 is 17.5 Å². The minimum Gasteiger partial charge on any atom is -0.492 e. The summed E-state index contributed by atoms with van der Waals surface area (Å²) in [6, 6.07) is 3.94. The lowest BCUT2D eigenvalue weighted by Gasteiger charge is -2.13. The molecule has 1 saturated heterocycles. The average molecular weight is 281 g/mol. The first-order valence-electron chi connectivity index (χ1n) is 6.71. The van der Waals surface area contributed by atoms with Gasteiger partial charge in [-0.05, 0) is 37.1 Å². The molecule has 1 fully saturated rings. The van der Waals surface area contributed by atoms with Gasteiger partial charge >= 0.3 is 0 Å². The van der Waals surface area contributed by atoms with E-state index in [-0.39, 0.29) is 5.91 Å². The summed E-state index contributed by atoms with van der Waals surface area (Å²) >= 11 is 6.05. The molecule has 2 N–H and O–H groups in total. The van der Waals surface area contributed by atoms with Crippen LogP contribution in [0.3, 0.4) is 0 Å². The maximum absolute atomic E-state index is 12.2. The third kappa shape index (κ3) is 2.69. The Balaban J connectivity index is 1.72. The van der Waals surface area contributed by atoms with Crippen LogP contribution in [0.4, 0.5) is 0 Å². The smallest absolute Gasteiger partial charge is 0.255 e. The van der Waals surface area contributed by atoms with Crippen LogP contribution in [0.5, 0.6) is 5.75 Å². The minimum atomic E-state index is -0.102. The van der Waals surface area contributed by atoms with E-state index in [2.05, 4.69) is 10.6 Å². The molecule has 1 aromatic carbocycles. The number of carbonyl (C=O) groups excluding carboxylic acids is 1. The number of rotatable bonds is 3. The van der Waals surface area contributed by atoms with Crippen LogP contribution >= 0.6 is 11.6 Å². The summed E-state index contributed by atoms with van der Waals surface area (Å²) in [6.07, 6.45) is 3.11. The predicted octanol–water partition coefficient (Wildman–Crippen LogP) is 1.76. The SMILES string of the molecule is O=C(NC[C@H]1CCCN1)c1cc(Cl)cc2c1OCC2. The van der Waals surface area contributed by atoms with Crippen molar-refractivity contribution in [2.45, 2.75) is 25.3 Å². The highest BCUT2D eigenvalue weighted by atomic mass is 35.5. The Hall–Kier alpha value is -1.26. The molecule has 0 aliphatic carbocycles. The number of hydrogen-bond acceptors (Lipinski definition) is 3. The molecule has 2 heterocycles. The quantitative estimate of drug-likeness (QED) is 0.887. The van der Waals surface area contributed by atoms with Crippen molar-refractivity contribution in [2.75, 3.05) is 19.7 Å². The van der Waals surface area contributed by atoms with Gasteiger partial charge < -0.3 is 15.4 Å². The molecule has 0 saturated carbocycles. The second kappa shape index (κ2) is 5.39. The van der Waals surface area contributed by atoms with E-state index in [0.29, 0.717) is 35.5 Å². The molecule has 1 aromatic rings. The van der Waals surface area contributed by atoms with Crippen LogP contribution in [0.25, 0.3) is 0 Å². The standard InChI is InChI=1S/C14H17ClN2O2/c15-10-6-9-3-5-19-13(9)12(7-10)14(18)17-8-11-2-1-4-16-11/h6-7,11,16H,1-5,8H2,(H,17,18)/t11-/m1/s1. The van der Waals surface area contributed by atoms with E-state index in [1.54, 1.807) is 6.07 Å². The van der Waals surface area contributed by atoms with Crippen LogP contribution < -0.4 is 15.4 Å². The van der Waals surface area contributed by atoms with E-state index in [0.717, 1.165) is 24.9 Å². The molecule has 0 aromatic heterocycles. The maximum atomic E-state index is 12.2. The van der Waals surface area contributed by atoms with E-state index < -0.39 is 0 Å². The average Bonchev–Trinajstić information content (AvgIpc) is 3.05. The molecule has 0 unspecified atom stereocenters. The fourth-order valence-corrected chi connectivity index (χ4v) is 2.92. The van der Waals surface area contributed by atoms with Gasteiger partial charge in [0.2, 0.25) is 0 Å². The van der Waals surface area contributed by atoms with Crippen molar-refractivity contribution in [3.05, 3.63) is 28.3 Å².